The third-order valence-corrected chi connectivity index (χ3v) is 1.37. The lowest BCUT2D eigenvalue weighted by Crippen LogP contribution is -2.23. The molecule has 0 aromatic rings. The van der Waals surface area contributed by atoms with Gasteiger partial charge in [0.05, 0.1) is 0 Å². The van der Waals surface area contributed by atoms with Crippen molar-refractivity contribution in [1.29, 1.82) is 0 Å². The molecule has 0 heterocycles. The van der Waals surface area contributed by atoms with Gasteiger partial charge in [0, 0.05) is 13.0 Å². The van der Waals surface area contributed by atoms with Crippen molar-refractivity contribution < 1.29 is 22.6 Å². The lowest BCUT2D eigenvalue weighted by Gasteiger charge is -2.07. The summed E-state index contributed by atoms with van der Waals surface area (Å²) in [6.07, 6.45) is -0.976. The van der Waals surface area contributed by atoms with E-state index in [0.717, 1.165) is 0 Å². The van der Waals surface area contributed by atoms with E-state index >= 15 is 0 Å². The zero-order valence-electron chi connectivity index (χ0n) is 4.38. The number of halogens is 2. The van der Waals surface area contributed by atoms with E-state index in [4.69, 9.17) is 9.66 Å². The molecule has 9 heavy (non-hydrogen) atoms. The molecule has 0 aromatic carbocycles. The Bertz CT molecular complexity index is 116. The number of aliphatic hydroxyl groups excluding tert-OH is 1. The summed E-state index contributed by atoms with van der Waals surface area (Å²) in [5, 5.41) is 4.25. The minimum absolute atomic E-state index is 0.792. The van der Waals surface area contributed by atoms with Gasteiger partial charge in [-0.1, -0.05) is 0 Å². The smallest absolute Gasteiger partial charge is 0.347 e. The van der Waals surface area contributed by atoms with Gasteiger partial charge in [-0.3, -0.25) is 0 Å². The number of hydrogen-bond donors (Lipinski definition) is 2. The summed E-state index contributed by atoms with van der Waals surface area (Å²) < 4.78 is 41.2. The number of rotatable bonds is 3. The van der Waals surface area contributed by atoms with Gasteiger partial charge in [-0.2, -0.15) is 8.78 Å². The molecule has 0 aliphatic heterocycles. The molecule has 56 valence electrons. The second-order valence-electron chi connectivity index (χ2n) is 1.36. The Morgan fingerprint density at radius 1 is 1.56 bits per heavy atom. The van der Waals surface area contributed by atoms with Crippen LogP contribution in [0.15, 0.2) is 0 Å². The molecule has 6 heteroatoms. The van der Waals surface area contributed by atoms with Crippen LogP contribution in [0, 0.1) is 0 Å². The van der Waals surface area contributed by atoms with Crippen molar-refractivity contribution >= 4 is 11.1 Å². The van der Waals surface area contributed by atoms with Crippen molar-refractivity contribution in [3.8, 4) is 0 Å². The zero-order valence-corrected chi connectivity index (χ0v) is 5.20. The summed E-state index contributed by atoms with van der Waals surface area (Å²) >= 11 is -3.17. The van der Waals surface area contributed by atoms with Crippen LogP contribution in [0.5, 0.6) is 0 Å². The molecule has 0 aliphatic rings. The maximum Gasteiger partial charge on any atom is 0.347 e. The fourth-order valence-corrected chi connectivity index (χ4v) is 0.483. The van der Waals surface area contributed by atoms with Crippen LogP contribution < -0.4 is 0 Å². The SMILES string of the molecule is O=S(O)C(F)(F)CCO. The molecule has 0 aliphatic carbocycles. The largest absolute Gasteiger partial charge is 0.396 e. The molecule has 0 saturated heterocycles. The monoisotopic (exact) mass is 160 g/mol. The van der Waals surface area contributed by atoms with Crippen LogP contribution in [0.4, 0.5) is 8.78 Å². The van der Waals surface area contributed by atoms with Crippen LogP contribution in [0.1, 0.15) is 6.42 Å². The van der Waals surface area contributed by atoms with Crippen LogP contribution >= 0.6 is 0 Å². The summed E-state index contributed by atoms with van der Waals surface area (Å²) in [6, 6.07) is 0. The summed E-state index contributed by atoms with van der Waals surface area (Å²) in [6.45, 7) is -0.792. The Morgan fingerprint density at radius 3 is 2.11 bits per heavy atom. The second-order valence-corrected chi connectivity index (χ2v) is 2.46. The van der Waals surface area contributed by atoms with Gasteiger partial charge in [0.15, 0.2) is 0 Å². The Hall–Kier alpha value is -0.0700. The van der Waals surface area contributed by atoms with Crippen LogP contribution in [0.3, 0.4) is 0 Å². The average Bonchev–Trinajstić information content (AvgIpc) is 1.65. The molecule has 1 unspecified atom stereocenters. The van der Waals surface area contributed by atoms with Gasteiger partial charge in [-0.15, -0.1) is 0 Å². The number of hydrogen-bond acceptors (Lipinski definition) is 2. The van der Waals surface area contributed by atoms with Crippen molar-refractivity contribution in [2.45, 2.75) is 11.7 Å². The standard InChI is InChI=1S/C3H6F2O3S/c4-3(5,1-2-6)9(7)8/h6H,1-2H2,(H,7,8). The van der Waals surface area contributed by atoms with Crippen LogP contribution in [0.2, 0.25) is 0 Å². The van der Waals surface area contributed by atoms with Crippen LogP contribution in [0.25, 0.3) is 0 Å². The van der Waals surface area contributed by atoms with E-state index < -0.39 is 29.4 Å². The summed E-state index contributed by atoms with van der Waals surface area (Å²) in [5.74, 6) is 0. The Balaban J connectivity index is 3.85. The molecule has 0 amide bonds. The first kappa shape index (κ1) is 8.93. The van der Waals surface area contributed by atoms with Crippen molar-refractivity contribution in [3.05, 3.63) is 0 Å². The Kier molecular flexibility index (Phi) is 3.16. The Morgan fingerprint density at radius 2 is 2.00 bits per heavy atom. The van der Waals surface area contributed by atoms with E-state index in [9.17, 15) is 13.0 Å². The predicted molar refractivity (Wildman–Crippen MR) is 27.4 cm³/mol. The lowest BCUT2D eigenvalue weighted by molar-refractivity contribution is 0.0592. The fourth-order valence-electron chi connectivity index (χ4n) is 0.217. The molecule has 2 N–H and O–H groups in total. The molecule has 0 radical (unpaired) electrons. The third-order valence-electron chi connectivity index (χ3n) is 0.658. The summed E-state index contributed by atoms with van der Waals surface area (Å²) in [4.78, 5) is 0. The Labute approximate surface area is 53.0 Å². The molecule has 0 fully saturated rings. The van der Waals surface area contributed by atoms with Crippen molar-refractivity contribution in [1.82, 2.24) is 0 Å². The maximum atomic E-state index is 11.8. The van der Waals surface area contributed by atoms with E-state index in [2.05, 4.69) is 0 Å². The van der Waals surface area contributed by atoms with Gasteiger partial charge in [-0.25, -0.2) is 4.21 Å². The summed E-state index contributed by atoms with van der Waals surface area (Å²) in [5.41, 5.74) is 0. The van der Waals surface area contributed by atoms with Gasteiger partial charge in [0.25, 0.3) is 0 Å². The normalized spacial score (nSPS) is 15.6. The molecule has 1 atom stereocenters. The molecule has 0 spiro atoms. The molecular formula is C3H6F2O3S. The highest BCUT2D eigenvalue weighted by Crippen LogP contribution is 2.20. The van der Waals surface area contributed by atoms with E-state index in [0.29, 0.717) is 0 Å². The number of alkyl halides is 2. The van der Waals surface area contributed by atoms with Gasteiger partial charge in [-0.05, 0) is 0 Å². The minimum Gasteiger partial charge on any atom is -0.396 e. The maximum absolute atomic E-state index is 11.8. The first-order valence-corrected chi connectivity index (χ1v) is 3.21. The predicted octanol–water partition coefficient (Wildman–Crippen LogP) is 0.183. The van der Waals surface area contributed by atoms with Crippen LogP contribution in [-0.2, 0) is 11.1 Å². The number of aliphatic hydroxyl groups is 1. The van der Waals surface area contributed by atoms with Gasteiger partial charge in [0.2, 0.25) is 11.1 Å². The molecule has 3 nitrogen and oxygen atoms in total. The van der Waals surface area contributed by atoms with E-state index in [1.165, 1.54) is 0 Å². The van der Waals surface area contributed by atoms with E-state index in [-0.39, 0.29) is 0 Å². The highest BCUT2D eigenvalue weighted by molar-refractivity contribution is 7.80. The zero-order chi connectivity index (χ0) is 7.49. The average molecular weight is 160 g/mol. The lowest BCUT2D eigenvalue weighted by atomic mass is 10.5. The van der Waals surface area contributed by atoms with E-state index in [1.54, 1.807) is 0 Å². The molecular weight excluding hydrogens is 154 g/mol. The quantitative estimate of drug-likeness (QED) is 0.579. The molecule has 0 aromatic heterocycles. The molecule has 0 bridgehead atoms. The highest BCUT2D eigenvalue weighted by atomic mass is 32.2. The van der Waals surface area contributed by atoms with Crippen molar-refractivity contribution in [2.24, 2.45) is 0 Å². The first-order chi connectivity index (χ1) is 4.00. The summed E-state index contributed by atoms with van der Waals surface area (Å²) in [7, 11) is 0. The molecule has 0 saturated carbocycles. The first-order valence-electron chi connectivity index (χ1n) is 2.10. The second kappa shape index (κ2) is 3.19. The van der Waals surface area contributed by atoms with E-state index in [1.807, 2.05) is 0 Å². The topological polar surface area (TPSA) is 57.5 Å². The van der Waals surface area contributed by atoms with Crippen molar-refractivity contribution in [3.63, 3.8) is 0 Å². The molecule has 0 rings (SSSR count). The highest BCUT2D eigenvalue weighted by Gasteiger charge is 2.35. The fraction of sp³-hybridized carbons (Fsp3) is 1.00. The minimum atomic E-state index is -3.67. The third kappa shape index (κ3) is 2.83. The van der Waals surface area contributed by atoms with Crippen molar-refractivity contribution in [2.75, 3.05) is 6.61 Å². The van der Waals surface area contributed by atoms with Crippen LogP contribution in [-0.4, -0.2) is 25.7 Å². The van der Waals surface area contributed by atoms with Gasteiger partial charge in [0.1, 0.15) is 0 Å². The van der Waals surface area contributed by atoms with Gasteiger partial charge < -0.3 is 9.66 Å². The van der Waals surface area contributed by atoms with Gasteiger partial charge >= 0.3 is 5.25 Å².